The first-order chi connectivity index (χ1) is 9.33. The summed E-state index contributed by atoms with van der Waals surface area (Å²) in [4.78, 5) is 4.46. The van der Waals surface area contributed by atoms with Gasteiger partial charge in [0.2, 0.25) is 0 Å². The Balaban J connectivity index is 1.48. The molecule has 5 nitrogen and oxygen atoms in total. The lowest BCUT2D eigenvalue weighted by Crippen LogP contribution is -2.21. The Labute approximate surface area is 117 Å². The van der Waals surface area contributed by atoms with Gasteiger partial charge in [-0.05, 0) is 19.8 Å². The summed E-state index contributed by atoms with van der Waals surface area (Å²) >= 11 is 1.71. The van der Waals surface area contributed by atoms with Crippen LogP contribution in [0.1, 0.15) is 35.2 Å². The molecule has 19 heavy (non-hydrogen) atoms. The Morgan fingerprint density at radius 3 is 3.16 bits per heavy atom. The van der Waals surface area contributed by atoms with E-state index in [1.807, 2.05) is 6.92 Å². The zero-order valence-electron chi connectivity index (χ0n) is 11.2. The summed E-state index contributed by atoms with van der Waals surface area (Å²) in [6, 6.07) is 0. The molecule has 0 atom stereocenters. The Hall–Kier alpha value is -1.27. The fourth-order valence-electron chi connectivity index (χ4n) is 2.44. The third-order valence-corrected chi connectivity index (χ3v) is 4.27. The van der Waals surface area contributed by atoms with Crippen molar-refractivity contribution >= 4 is 11.3 Å². The minimum Gasteiger partial charge on any atom is -0.314 e. The van der Waals surface area contributed by atoms with Gasteiger partial charge in [0.1, 0.15) is 11.6 Å². The molecule has 0 unspecified atom stereocenters. The average molecular weight is 277 g/mol. The van der Waals surface area contributed by atoms with Crippen molar-refractivity contribution in [3.8, 4) is 0 Å². The molecule has 0 amide bonds. The molecule has 0 fully saturated rings. The summed E-state index contributed by atoms with van der Waals surface area (Å²) in [6.07, 6.45) is 4.54. The lowest BCUT2D eigenvalue weighted by Gasteiger charge is -2.14. The van der Waals surface area contributed by atoms with Crippen molar-refractivity contribution in [3.63, 3.8) is 0 Å². The van der Waals surface area contributed by atoms with E-state index in [0.29, 0.717) is 0 Å². The largest absolute Gasteiger partial charge is 0.314 e. The molecule has 0 bridgehead atoms. The highest BCUT2D eigenvalue weighted by molar-refractivity contribution is 7.09. The lowest BCUT2D eigenvalue weighted by molar-refractivity contribution is 0.497. The van der Waals surface area contributed by atoms with Crippen molar-refractivity contribution in [2.24, 2.45) is 0 Å². The second-order valence-corrected chi connectivity index (χ2v) is 5.99. The zero-order chi connectivity index (χ0) is 13.1. The molecule has 3 heterocycles. The number of hydrogen-bond acceptors (Lipinski definition) is 5. The molecule has 0 aliphatic carbocycles. The Morgan fingerprint density at radius 2 is 2.32 bits per heavy atom. The third-order valence-electron chi connectivity index (χ3n) is 3.44. The third kappa shape index (κ3) is 3.01. The van der Waals surface area contributed by atoms with Gasteiger partial charge in [-0.25, -0.2) is 4.98 Å². The summed E-state index contributed by atoms with van der Waals surface area (Å²) in [6.45, 7) is 4.86. The van der Waals surface area contributed by atoms with Crippen LogP contribution in [0.25, 0.3) is 0 Å². The number of rotatable bonds is 5. The molecule has 102 valence electrons. The molecule has 2 aromatic rings. The first-order valence-corrected chi connectivity index (χ1v) is 7.73. The van der Waals surface area contributed by atoms with Gasteiger partial charge < -0.3 is 9.88 Å². The van der Waals surface area contributed by atoms with Crippen LogP contribution in [0.2, 0.25) is 0 Å². The minimum atomic E-state index is 0.802. The first kappa shape index (κ1) is 12.7. The smallest absolute Gasteiger partial charge is 0.147 e. The summed E-state index contributed by atoms with van der Waals surface area (Å²) in [5.41, 5.74) is 1.18. The average Bonchev–Trinajstić information content (AvgIpc) is 3.02. The van der Waals surface area contributed by atoms with Crippen LogP contribution in [0.3, 0.4) is 0 Å². The van der Waals surface area contributed by atoms with Crippen LogP contribution in [0.5, 0.6) is 0 Å². The number of hydrogen-bond donors (Lipinski definition) is 1. The van der Waals surface area contributed by atoms with E-state index in [1.165, 1.54) is 18.5 Å². The van der Waals surface area contributed by atoms with Gasteiger partial charge in [-0.1, -0.05) is 0 Å². The molecule has 6 heteroatoms. The molecular weight excluding hydrogens is 258 g/mol. The van der Waals surface area contributed by atoms with Gasteiger partial charge in [0.05, 0.1) is 17.2 Å². The van der Waals surface area contributed by atoms with Gasteiger partial charge in [0.25, 0.3) is 0 Å². The van der Waals surface area contributed by atoms with Gasteiger partial charge in [0, 0.05) is 31.3 Å². The normalized spacial score (nSPS) is 14.6. The maximum Gasteiger partial charge on any atom is 0.147 e. The number of aryl methyl sites for hydroxylation is 2. The van der Waals surface area contributed by atoms with Gasteiger partial charge in [-0.15, -0.1) is 21.5 Å². The molecule has 0 radical (unpaired) electrons. The van der Waals surface area contributed by atoms with Crippen molar-refractivity contribution < 1.29 is 0 Å². The highest BCUT2D eigenvalue weighted by Gasteiger charge is 2.14. The molecule has 0 saturated carbocycles. The zero-order valence-corrected chi connectivity index (χ0v) is 12.0. The van der Waals surface area contributed by atoms with E-state index in [9.17, 15) is 0 Å². The van der Waals surface area contributed by atoms with E-state index in [4.69, 9.17) is 0 Å². The highest BCUT2D eigenvalue weighted by atomic mass is 32.1. The molecule has 0 aromatic carbocycles. The Morgan fingerprint density at radius 1 is 1.37 bits per heavy atom. The number of thiazole rings is 1. The number of nitrogens with one attached hydrogen (secondary N) is 1. The van der Waals surface area contributed by atoms with Crippen LogP contribution in [0.15, 0.2) is 5.38 Å². The predicted octanol–water partition coefficient (Wildman–Crippen LogP) is 1.71. The molecule has 2 aromatic heterocycles. The van der Waals surface area contributed by atoms with E-state index in [0.717, 1.165) is 49.1 Å². The van der Waals surface area contributed by atoms with Crippen molar-refractivity contribution in [2.45, 2.75) is 45.7 Å². The lowest BCUT2D eigenvalue weighted by atomic mass is 10.2. The summed E-state index contributed by atoms with van der Waals surface area (Å²) in [7, 11) is 0. The van der Waals surface area contributed by atoms with Crippen molar-refractivity contribution in [1.29, 1.82) is 0 Å². The van der Waals surface area contributed by atoms with E-state index < -0.39 is 0 Å². The van der Waals surface area contributed by atoms with Crippen LogP contribution >= 0.6 is 11.3 Å². The van der Waals surface area contributed by atoms with Crippen LogP contribution in [-0.4, -0.2) is 26.3 Å². The van der Waals surface area contributed by atoms with E-state index >= 15 is 0 Å². The highest BCUT2D eigenvalue weighted by Crippen LogP contribution is 2.14. The van der Waals surface area contributed by atoms with Crippen molar-refractivity contribution in [2.75, 3.05) is 6.54 Å². The molecular formula is C13H19N5S. The minimum absolute atomic E-state index is 0.802. The van der Waals surface area contributed by atoms with Crippen LogP contribution < -0.4 is 5.32 Å². The van der Waals surface area contributed by atoms with Gasteiger partial charge in [0.15, 0.2) is 0 Å². The van der Waals surface area contributed by atoms with Gasteiger partial charge >= 0.3 is 0 Å². The maximum atomic E-state index is 4.46. The molecule has 0 spiro atoms. The quantitative estimate of drug-likeness (QED) is 0.845. The van der Waals surface area contributed by atoms with Crippen LogP contribution in [-0.2, 0) is 25.9 Å². The van der Waals surface area contributed by atoms with Crippen LogP contribution in [0, 0.1) is 6.92 Å². The molecule has 1 N–H and O–H groups in total. The molecule has 0 saturated heterocycles. The van der Waals surface area contributed by atoms with Gasteiger partial charge in [-0.3, -0.25) is 0 Å². The summed E-state index contributed by atoms with van der Waals surface area (Å²) < 4.78 is 2.27. The topological polar surface area (TPSA) is 55.6 Å². The molecule has 1 aliphatic rings. The number of nitrogens with zero attached hydrogens (tertiary/aromatic N) is 4. The molecule has 3 rings (SSSR count). The number of fused-ring (bicyclic) bond motifs is 1. The van der Waals surface area contributed by atoms with Crippen molar-refractivity contribution in [3.05, 3.63) is 27.7 Å². The Bertz CT molecular complexity index is 545. The standard InChI is InChI=1S/C13H19N5S/c1-10-15-11(9-19-10)5-6-14-8-13-17-16-12-4-2-3-7-18(12)13/h9,14H,2-8H2,1H3. The molecule has 1 aliphatic heterocycles. The summed E-state index contributed by atoms with van der Waals surface area (Å²) in [5.74, 6) is 2.22. The second-order valence-electron chi connectivity index (χ2n) is 4.93. The SMILES string of the molecule is Cc1nc(CCNCc2nnc3n2CCCC3)cs1. The van der Waals surface area contributed by atoms with E-state index in [-0.39, 0.29) is 0 Å². The van der Waals surface area contributed by atoms with E-state index in [1.54, 1.807) is 11.3 Å². The first-order valence-electron chi connectivity index (χ1n) is 6.85. The summed E-state index contributed by atoms with van der Waals surface area (Å²) in [5, 5.41) is 15.3. The maximum absolute atomic E-state index is 4.46. The Kier molecular flexibility index (Phi) is 3.89. The monoisotopic (exact) mass is 277 g/mol. The fraction of sp³-hybridized carbons (Fsp3) is 0.615. The van der Waals surface area contributed by atoms with E-state index in [2.05, 4.69) is 30.4 Å². The van der Waals surface area contributed by atoms with Crippen molar-refractivity contribution in [1.82, 2.24) is 25.1 Å². The second kappa shape index (κ2) is 5.79. The van der Waals surface area contributed by atoms with Crippen LogP contribution in [0.4, 0.5) is 0 Å². The predicted molar refractivity (Wildman–Crippen MR) is 75.2 cm³/mol. The fourth-order valence-corrected chi connectivity index (χ4v) is 3.09. The number of aromatic nitrogens is 4. The van der Waals surface area contributed by atoms with Gasteiger partial charge in [-0.2, -0.15) is 0 Å².